The van der Waals surface area contributed by atoms with Crippen LogP contribution in [0.1, 0.15) is 5.56 Å². The van der Waals surface area contributed by atoms with E-state index in [4.69, 9.17) is 11.6 Å². The molecule has 11 heavy (non-hydrogen) atoms. The van der Waals surface area contributed by atoms with Crippen molar-refractivity contribution in [2.45, 2.75) is 6.92 Å². The van der Waals surface area contributed by atoms with Gasteiger partial charge in [0.15, 0.2) is 5.65 Å². The van der Waals surface area contributed by atoms with E-state index in [1.54, 1.807) is 4.40 Å². The molecule has 0 radical (unpaired) electrons. The van der Waals surface area contributed by atoms with Crippen molar-refractivity contribution in [1.82, 2.24) is 14.6 Å². The number of aromatic nitrogens is 3. The maximum absolute atomic E-state index is 5.71. The molecule has 2 aromatic heterocycles. The van der Waals surface area contributed by atoms with E-state index in [1.807, 2.05) is 25.3 Å². The van der Waals surface area contributed by atoms with Crippen LogP contribution in [0.15, 0.2) is 18.3 Å². The fourth-order valence-electron chi connectivity index (χ4n) is 0.964. The zero-order valence-corrected chi connectivity index (χ0v) is 6.71. The smallest absolute Gasteiger partial charge is 0.229 e. The van der Waals surface area contributed by atoms with Gasteiger partial charge in [0.25, 0.3) is 0 Å². The second-order valence-electron chi connectivity index (χ2n) is 2.40. The standard InChI is InChI=1S/C7H6ClN3/c1-5-2-3-11-6(4-5)9-10-7(11)8/h2-4H,1H3. The minimum Gasteiger partial charge on any atom is -0.273 e. The van der Waals surface area contributed by atoms with E-state index in [1.165, 1.54) is 0 Å². The fourth-order valence-corrected chi connectivity index (χ4v) is 1.14. The number of nitrogens with zero attached hydrogens (tertiary/aromatic N) is 3. The molecule has 4 heteroatoms. The van der Waals surface area contributed by atoms with E-state index in [-0.39, 0.29) is 0 Å². The lowest BCUT2D eigenvalue weighted by Crippen LogP contribution is -1.83. The molecule has 2 rings (SSSR count). The first kappa shape index (κ1) is 6.61. The van der Waals surface area contributed by atoms with E-state index in [9.17, 15) is 0 Å². The van der Waals surface area contributed by atoms with Gasteiger partial charge in [-0.3, -0.25) is 4.40 Å². The van der Waals surface area contributed by atoms with Crippen LogP contribution in [-0.4, -0.2) is 14.6 Å². The molecule has 0 saturated heterocycles. The number of hydrogen-bond donors (Lipinski definition) is 0. The summed E-state index contributed by atoms with van der Waals surface area (Å²) in [6, 6.07) is 3.89. The van der Waals surface area contributed by atoms with E-state index in [0.29, 0.717) is 5.28 Å². The number of fused-ring (bicyclic) bond motifs is 1. The van der Waals surface area contributed by atoms with Gasteiger partial charge in [-0.05, 0) is 36.2 Å². The maximum Gasteiger partial charge on any atom is 0.229 e. The minimum atomic E-state index is 0.403. The summed E-state index contributed by atoms with van der Waals surface area (Å²) in [5.41, 5.74) is 1.94. The predicted molar refractivity (Wildman–Crippen MR) is 42.7 cm³/mol. The Morgan fingerprint density at radius 1 is 1.45 bits per heavy atom. The van der Waals surface area contributed by atoms with Crippen molar-refractivity contribution in [1.29, 1.82) is 0 Å². The third-order valence-corrected chi connectivity index (χ3v) is 1.78. The van der Waals surface area contributed by atoms with Gasteiger partial charge in [-0.25, -0.2) is 0 Å². The first-order chi connectivity index (χ1) is 5.27. The summed E-state index contributed by atoms with van der Waals surface area (Å²) < 4.78 is 1.73. The number of halogens is 1. The highest BCUT2D eigenvalue weighted by Gasteiger charge is 1.99. The second-order valence-corrected chi connectivity index (χ2v) is 2.74. The summed E-state index contributed by atoms with van der Waals surface area (Å²) in [6.45, 7) is 2.00. The van der Waals surface area contributed by atoms with Crippen molar-refractivity contribution in [3.63, 3.8) is 0 Å². The molecular formula is C7H6ClN3. The Morgan fingerprint density at radius 3 is 3.09 bits per heavy atom. The first-order valence-corrected chi connectivity index (χ1v) is 3.62. The minimum absolute atomic E-state index is 0.403. The molecule has 3 nitrogen and oxygen atoms in total. The molecule has 0 saturated carbocycles. The van der Waals surface area contributed by atoms with Crippen LogP contribution in [0.4, 0.5) is 0 Å². The van der Waals surface area contributed by atoms with Gasteiger partial charge in [-0.2, -0.15) is 0 Å². The molecule has 0 amide bonds. The molecule has 0 bridgehead atoms. The Hall–Kier alpha value is -1.09. The van der Waals surface area contributed by atoms with Crippen molar-refractivity contribution in [3.05, 3.63) is 29.2 Å². The van der Waals surface area contributed by atoms with Gasteiger partial charge in [-0.1, -0.05) is 0 Å². The van der Waals surface area contributed by atoms with Crippen molar-refractivity contribution in [3.8, 4) is 0 Å². The number of hydrogen-bond acceptors (Lipinski definition) is 2. The maximum atomic E-state index is 5.71. The molecule has 0 fully saturated rings. The summed E-state index contributed by atoms with van der Waals surface area (Å²) in [4.78, 5) is 0. The molecule has 2 aromatic rings. The highest BCUT2D eigenvalue weighted by Crippen LogP contribution is 2.09. The molecule has 0 aliphatic rings. The summed E-state index contributed by atoms with van der Waals surface area (Å²) in [6.07, 6.45) is 1.85. The lowest BCUT2D eigenvalue weighted by molar-refractivity contribution is 1.10. The molecule has 0 spiro atoms. The van der Waals surface area contributed by atoms with Crippen LogP contribution in [0.25, 0.3) is 5.65 Å². The van der Waals surface area contributed by atoms with E-state index >= 15 is 0 Å². The fraction of sp³-hybridized carbons (Fsp3) is 0.143. The third-order valence-electron chi connectivity index (χ3n) is 1.52. The quantitative estimate of drug-likeness (QED) is 0.598. The molecule has 0 atom stereocenters. The average molecular weight is 168 g/mol. The van der Waals surface area contributed by atoms with Gasteiger partial charge in [0.05, 0.1) is 0 Å². The van der Waals surface area contributed by atoms with Crippen LogP contribution in [0, 0.1) is 6.92 Å². The molecule has 0 aliphatic heterocycles. The largest absolute Gasteiger partial charge is 0.273 e. The number of rotatable bonds is 0. The van der Waals surface area contributed by atoms with Crippen LogP contribution in [0.2, 0.25) is 5.28 Å². The molecule has 0 aromatic carbocycles. The molecular weight excluding hydrogens is 162 g/mol. The molecule has 0 unspecified atom stereocenters. The van der Waals surface area contributed by atoms with Crippen molar-refractivity contribution < 1.29 is 0 Å². The molecule has 0 aliphatic carbocycles. The third kappa shape index (κ3) is 0.973. The summed E-state index contributed by atoms with van der Waals surface area (Å²) in [5, 5.41) is 7.98. The average Bonchev–Trinajstić information content (AvgIpc) is 2.32. The monoisotopic (exact) mass is 167 g/mol. The summed E-state index contributed by atoms with van der Waals surface area (Å²) >= 11 is 5.71. The number of aryl methyl sites for hydroxylation is 1. The van der Waals surface area contributed by atoms with Gasteiger partial charge in [0, 0.05) is 6.20 Å². The molecule has 56 valence electrons. The van der Waals surface area contributed by atoms with Crippen LogP contribution >= 0.6 is 11.6 Å². The van der Waals surface area contributed by atoms with Gasteiger partial charge in [-0.15, -0.1) is 10.2 Å². The van der Waals surface area contributed by atoms with Gasteiger partial charge in [0.2, 0.25) is 5.28 Å². The highest BCUT2D eigenvalue weighted by atomic mass is 35.5. The van der Waals surface area contributed by atoms with Gasteiger partial charge < -0.3 is 0 Å². The molecule has 0 N–H and O–H groups in total. The van der Waals surface area contributed by atoms with E-state index in [0.717, 1.165) is 11.2 Å². The van der Waals surface area contributed by atoms with Crippen molar-refractivity contribution in [2.75, 3.05) is 0 Å². The van der Waals surface area contributed by atoms with E-state index in [2.05, 4.69) is 10.2 Å². The zero-order chi connectivity index (χ0) is 7.84. The van der Waals surface area contributed by atoms with Crippen LogP contribution < -0.4 is 0 Å². The SMILES string of the molecule is Cc1ccn2c(Cl)nnc2c1. The topological polar surface area (TPSA) is 30.2 Å². The Bertz CT molecular complexity index is 393. The highest BCUT2D eigenvalue weighted by molar-refractivity contribution is 6.28. The van der Waals surface area contributed by atoms with Crippen LogP contribution in [-0.2, 0) is 0 Å². The lowest BCUT2D eigenvalue weighted by Gasteiger charge is -1.92. The summed E-state index contributed by atoms with van der Waals surface area (Å²) in [7, 11) is 0. The van der Waals surface area contributed by atoms with Crippen molar-refractivity contribution in [2.24, 2.45) is 0 Å². The normalized spacial score (nSPS) is 10.7. The van der Waals surface area contributed by atoms with Gasteiger partial charge in [0.1, 0.15) is 0 Å². The van der Waals surface area contributed by atoms with Crippen LogP contribution in [0.5, 0.6) is 0 Å². The van der Waals surface area contributed by atoms with Crippen molar-refractivity contribution >= 4 is 17.2 Å². The van der Waals surface area contributed by atoms with Crippen LogP contribution in [0.3, 0.4) is 0 Å². The Balaban J connectivity index is 2.86. The Morgan fingerprint density at radius 2 is 2.27 bits per heavy atom. The first-order valence-electron chi connectivity index (χ1n) is 3.24. The Labute approximate surface area is 68.6 Å². The number of pyridine rings is 1. The van der Waals surface area contributed by atoms with Gasteiger partial charge >= 0.3 is 0 Å². The summed E-state index contributed by atoms with van der Waals surface area (Å²) in [5.74, 6) is 0. The molecule has 2 heterocycles. The second kappa shape index (κ2) is 2.20. The lowest BCUT2D eigenvalue weighted by atomic mass is 10.3. The predicted octanol–water partition coefficient (Wildman–Crippen LogP) is 1.69. The zero-order valence-electron chi connectivity index (χ0n) is 5.95. The Kier molecular flexibility index (Phi) is 1.32. The van der Waals surface area contributed by atoms with E-state index < -0.39 is 0 Å².